The second-order valence-electron chi connectivity index (χ2n) is 6.52. The third-order valence-electron chi connectivity index (χ3n) is 4.66. The van der Waals surface area contributed by atoms with Crippen molar-refractivity contribution in [1.82, 2.24) is 15.1 Å². The molecule has 118 valence electrons. The van der Waals surface area contributed by atoms with E-state index in [1.165, 1.54) is 37.1 Å². The molecule has 3 nitrogen and oxygen atoms in total. The maximum Gasteiger partial charge on any atom is 0.0345 e. The smallest absolute Gasteiger partial charge is 0.0345 e. The monoisotopic (exact) mass is 289 g/mol. The van der Waals surface area contributed by atoms with Gasteiger partial charge in [0.25, 0.3) is 0 Å². The minimum Gasteiger partial charge on any atom is -0.309 e. The van der Waals surface area contributed by atoms with Gasteiger partial charge in [-0.2, -0.15) is 0 Å². The molecule has 1 aromatic rings. The normalized spacial score (nSPS) is 22.4. The van der Waals surface area contributed by atoms with Crippen molar-refractivity contribution in [3.8, 4) is 0 Å². The lowest BCUT2D eigenvalue weighted by Gasteiger charge is -2.38. The molecule has 2 rings (SSSR count). The molecule has 0 aliphatic carbocycles. The number of hydrogen-bond donors (Lipinski definition) is 1. The summed E-state index contributed by atoms with van der Waals surface area (Å²) in [5, 5.41) is 3.70. The van der Waals surface area contributed by atoms with Gasteiger partial charge in [0.05, 0.1) is 0 Å². The van der Waals surface area contributed by atoms with Gasteiger partial charge >= 0.3 is 0 Å². The lowest BCUT2D eigenvalue weighted by atomic mass is 10.0. The summed E-state index contributed by atoms with van der Waals surface area (Å²) in [7, 11) is 4.46. The van der Waals surface area contributed by atoms with Crippen LogP contribution in [0.3, 0.4) is 0 Å². The van der Waals surface area contributed by atoms with Gasteiger partial charge < -0.3 is 10.2 Å². The van der Waals surface area contributed by atoms with Crippen molar-refractivity contribution in [3.05, 3.63) is 35.4 Å². The molecule has 0 amide bonds. The zero-order valence-corrected chi connectivity index (χ0v) is 14.1. The van der Waals surface area contributed by atoms with Crippen LogP contribution in [0.4, 0.5) is 0 Å². The van der Waals surface area contributed by atoms with E-state index >= 15 is 0 Å². The number of aryl methyl sites for hydroxylation is 1. The minimum atomic E-state index is 0.418. The summed E-state index contributed by atoms with van der Waals surface area (Å²) in [4.78, 5) is 4.90. The maximum absolute atomic E-state index is 3.70. The van der Waals surface area contributed by atoms with Crippen LogP contribution in [0.2, 0.25) is 0 Å². The fraction of sp³-hybridized carbons (Fsp3) is 0.667. The van der Waals surface area contributed by atoms with Gasteiger partial charge in [0.2, 0.25) is 0 Å². The molecule has 21 heavy (non-hydrogen) atoms. The van der Waals surface area contributed by atoms with Crippen molar-refractivity contribution in [3.63, 3.8) is 0 Å². The first-order chi connectivity index (χ1) is 10.1. The first kappa shape index (κ1) is 16.5. The molecule has 1 aliphatic rings. The molecule has 1 saturated heterocycles. The molecular weight excluding hydrogens is 258 g/mol. The topological polar surface area (TPSA) is 18.5 Å². The van der Waals surface area contributed by atoms with Gasteiger partial charge in [-0.3, -0.25) is 4.90 Å². The summed E-state index contributed by atoms with van der Waals surface area (Å²) in [6.07, 6.45) is 2.40. The molecule has 2 atom stereocenters. The highest BCUT2D eigenvalue weighted by molar-refractivity contribution is 5.24. The highest BCUT2D eigenvalue weighted by atomic mass is 15.3. The van der Waals surface area contributed by atoms with E-state index in [0.29, 0.717) is 12.1 Å². The molecule has 1 heterocycles. The van der Waals surface area contributed by atoms with Gasteiger partial charge in [0.15, 0.2) is 0 Å². The SMILES string of the molecule is CCCc1ccc(C(C)NCC2CN(C)CCN2C)cc1. The zero-order valence-electron chi connectivity index (χ0n) is 14.1. The third-order valence-corrected chi connectivity index (χ3v) is 4.66. The number of nitrogens with zero attached hydrogens (tertiary/aromatic N) is 2. The zero-order chi connectivity index (χ0) is 15.2. The van der Waals surface area contributed by atoms with Crippen molar-refractivity contribution < 1.29 is 0 Å². The lowest BCUT2D eigenvalue weighted by molar-refractivity contribution is 0.112. The van der Waals surface area contributed by atoms with Crippen molar-refractivity contribution in [2.75, 3.05) is 40.3 Å². The Labute approximate surface area is 130 Å². The van der Waals surface area contributed by atoms with Crippen molar-refractivity contribution in [1.29, 1.82) is 0 Å². The van der Waals surface area contributed by atoms with E-state index < -0.39 is 0 Å². The Bertz CT molecular complexity index is 415. The quantitative estimate of drug-likeness (QED) is 0.868. The number of piperazine rings is 1. The van der Waals surface area contributed by atoms with Crippen LogP contribution in [-0.2, 0) is 6.42 Å². The number of hydrogen-bond acceptors (Lipinski definition) is 3. The fourth-order valence-corrected chi connectivity index (χ4v) is 3.01. The van der Waals surface area contributed by atoms with Crippen LogP contribution < -0.4 is 5.32 Å². The standard InChI is InChI=1S/C18H31N3/c1-5-6-16-7-9-17(10-8-16)15(2)19-13-18-14-20(3)11-12-21(18)4/h7-10,15,18-19H,5-6,11-14H2,1-4H3. The molecule has 0 radical (unpaired) electrons. The van der Waals surface area contributed by atoms with E-state index in [9.17, 15) is 0 Å². The molecule has 1 fully saturated rings. The van der Waals surface area contributed by atoms with Crippen LogP contribution in [0.25, 0.3) is 0 Å². The first-order valence-electron chi connectivity index (χ1n) is 8.31. The van der Waals surface area contributed by atoms with Gasteiger partial charge in [-0.05, 0) is 38.6 Å². The summed E-state index contributed by atoms with van der Waals surface area (Å²) >= 11 is 0. The predicted molar refractivity (Wildman–Crippen MR) is 90.8 cm³/mol. The van der Waals surface area contributed by atoms with Gasteiger partial charge in [-0.1, -0.05) is 37.6 Å². The van der Waals surface area contributed by atoms with E-state index in [2.05, 4.69) is 67.3 Å². The molecule has 0 spiro atoms. The Morgan fingerprint density at radius 3 is 2.57 bits per heavy atom. The molecule has 3 heteroatoms. The number of rotatable bonds is 6. The second-order valence-corrected chi connectivity index (χ2v) is 6.52. The van der Waals surface area contributed by atoms with E-state index in [1.54, 1.807) is 0 Å². The highest BCUT2D eigenvalue weighted by Gasteiger charge is 2.22. The molecule has 1 aromatic carbocycles. The largest absolute Gasteiger partial charge is 0.309 e. The Hall–Kier alpha value is -0.900. The molecular formula is C18H31N3. The summed E-state index contributed by atoms with van der Waals surface area (Å²) in [6, 6.07) is 10.1. The van der Waals surface area contributed by atoms with E-state index in [4.69, 9.17) is 0 Å². The van der Waals surface area contributed by atoms with E-state index in [1.807, 2.05) is 0 Å². The van der Waals surface area contributed by atoms with Crippen molar-refractivity contribution >= 4 is 0 Å². The van der Waals surface area contributed by atoms with Crippen LogP contribution in [0.5, 0.6) is 0 Å². The maximum atomic E-state index is 3.70. The summed E-state index contributed by atoms with van der Waals surface area (Å²) < 4.78 is 0. The van der Waals surface area contributed by atoms with Gasteiger partial charge in [0.1, 0.15) is 0 Å². The molecule has 2 unspecified atom stereocenters. The Morgan fingerprint density at radius 2 is 1.90 bits per heavy atom. The summed E-state index contributed by atoms with van der Waals surface area (Å²) in [6.45, 7) is 9.06. The molecule has 1 N–H and O–H groups in total. The number of likely N-dealkylation sites (N-methyl/N-ethyl adjacent to an activating group) is 2. The molecule has 0 aromatic heterocycles. The number of nitrogens with one attached hydrogen (secondary N) is 1. The van der Waals surface area contributed by atoms with Crippen LogP contribution in [0, 0.1) is 0 Å². The molecule has 0 bridgehead atoms. The van der Waals surface area contributed by atoms with Crippen LogP contribution in [0.15, 0.2) is 24.3 Å². The Morgan fingerprint density at radius 1 is 1.19 bits per heavy atom. The van der Waals surface area contributed by atoms with Gasteiger partial charge in [-0.15, -0.1) is 0 Å². The van der Waals surface area contributed by atoms with Crippen LogP contribution in [0.1, 0.15) is 37.4 Å². The Kier molecular flexibility index (Phi) is 6.22. The summed E-state index contributed by atoms with van der Waals surface area (Å²) in [5.41, 5.74) is 2.84. The van der Waals surface area contributed by atoms with E-state index in [-0.39, 0.29) is 0 Å². The highest BCUT2D eigenvalue weighted by Crippen LogP contribution is 2.15. The summed E-state index contributed by atoms with van der Waals surface area (Å²) in [5.74, 6) is 0. The van der Waals surface area contributed by atoms with Gasteiger partial charge in [-0.25, -0.2) is 0 Å². The van der Waals surface area contributed by atoms with Gasteiger partial charge in [0, 0.05) is 38.3 Å². The average molecular weight is 289 g/mol. The van der Waals surface area contributed by atoms with Crippen molar-refractivity contribution in [2.45, 2.75) is 38.8 Å². The number of benzene rings is 1. The average Bonchev–Trinajstić information content (AvgIpc) is 2.49. The second kappa shape index (κ2) is 7.92. The van der Waals surface area contributed by atoms with Crippen LogP contribution >= 0.6 is 0 Å². The van der Waals surface area contributed by atoms with E-state index in [0.717, 1.165) is 13.1 Å². The first-order valence-corrected chi connectivity index (χ1v) is 8.31. The predicted octanol–water partition coefficient (Wildman–Crippen LogP) is 2.54. The Balaban J connectivity index is 1.84. The van der Waals surface area contributed by atoms with Crippen molar-refractivity contribution in [2.24, 2.45) is 0 Å². The van der Waals surface area contributed by atoms with Crippen LogP contribution in [-0.4, -0.2) is 56.1 Å². The molecule has 0 saturated carbocycles. The lowest BCUT2D eigenvalue weighted by Crippen LogP contribution is -2.53. The molecule has 1 aliphatic heterocycles. The fourth-order valence-electron chi connectivity index (χ4n) is 3.01. The third kappa shape index (κ3) is 4.80. The minimum absolute atomic E-state index is 0.418.